The highest BCUT2D eigenvalue weighted by atomic mass is 19.1. The number of allylic oxidation sites excluding steroid dienone is 2. The van der Waals surface area contributed by atoms with Gasteiger partial charge in [-0.1, -0.05) is 76.2 Å². The molecule has 8 rings (SSSR count). The van der Waals surface area contributed by atoms with Crippen LogP contribution in [0.25, 0.3) is 34.4 Å². The highest BCUT2D eigenvalue weighted by molar-refractivity contribution is 6.05. The van der Waals surface area contributed by atoms with E-state index in [1.54, 1.807) is 31.5 Å². The van der Waals surface area contributed by atoms with Crippen LogP contribution in [0.5, 0.6) is 0 Å². The number of aliphatic hydroxyl groups is 2. The molecule has 0 spiro atoms. The number of cyclic esters (lactones) is 2. The molecule has 2 saturated carbocycles. The second-order valence-electron chi connectivity index (χ2n) is 18.9. The highest BCUT2D eigenvalue weighted by Crippen LogP contribution is 2.58. The maximum Gasteiger partial charge on any atom is 0.324 e. The molecule has 2 saturated heterocycles. The maximum atomic E-state index is 13.5. The molecule has 15 heteroatoms. The van der Waals surface area contributed by atoms with Crippen LogP contribution in [0.3, 0.4) is 0 Å². The number of carbonyl (C=O) groups is 4. The fourth-order valence-corrected chi connectivity index (χ4v) is 11.0. The van der Waals surface area contributed by atoms with Crippen molar-refractivity contribution < 1.29 is 52.8 Å². The van der Waals surface area contributed by atoms with Crippen LogP contribution in [0.4, 0.5) is 8.78 Å². The third kappa shape index (κ3) is 10.9. The first-order valence-corrected chi connectivity index (χ1v) is 23.6. The van der Waals surface area contributed by atoms with E-state index in [9.17, 15) is 33.1 Å². The summed E-state index contributed by atoms with van der Waals surface area (Å²) in [5.41, 5.74) is 6.61. The Morgan fingerprint density at radius 2 is 1.13 bits per heavy atom. The molecule has 6 N–H and O–H groups in total. The molecule has 2 aliphatic carbocycles. The smallest absolute Gasteiger partial charge is 0.324 e. The Morgan fingerprint density at radius 3 is 1.52 bits per heavy atom. The van der Waals surface area contributed by atoms with Gasteiger partial charge in [-0.05, 0) is 122 Å². The van der Waals surface area contributed by atoms with Gasteiger partial charge in [0.1, 0.15) is 23.8 Å². The Bertz CT molecular complexity index is 2500. The summed E-state index contributed by atoms with van der Waals surface area (Å²) in [6.07, 6.45) is 11.1. The number of pyridine rings is 2. The maximum absolute atomic E-state index is 13.5. The molecule has 13 nitrogen and oxygen atoms in total. The number of carbonyl (C=O) groups excluding carboxylic acids is 3. The minimum atomic E-state index is -1.49. The van der Waals surface area contributed by atoms with E-state index in [2.05, 4.69) is 36.1 Å². The molecule has 1 amide bonds. The number of aliphatic carboxylic acids is 1. The van der Waals surface area contributed by atoms with Crippen molar-refractivity contribution in [2.45, 2.75) is 66.6 Å². The van der Waals surface area contributed by atoms with Crippen LogP contribution in [-0.4, -0.2) is 87.6 Å². The number of fused-ring (bicyclic) bond motifs is 2. The number of nitrogens with two attached hydrogens (primary N) is 1. The molecule has 4 heterocycles. The van der Waals surface area contributed by atoms with Crippen molar-refractivity contribution in [3.63, 3.8) is 0 Å². The van der Waals surface area contributed by atoms with Gasteiger partial charge in [0.25, 0.3) is 0 Å². The van der Waals surface area contributed by atoms with Gasteiger partial charge >= 0.3 is 17.9 Å². The Morgan fingerprint density at radius 1 is 0.696 bits per heavy atom. The van der Waals surface area contributed by atoms with Crippen LogP contribution in [-0.2, 0) is 28.7 Å². The average Bonchev–Trinajstić information content (AvgIpc) is 3.75. The minimum Gasteiger partial charge on any atom is -0.480 e. The van der Waals surface area contributed by atoms with Gasteiger partial charge in [-0.15, -0.1) is 0 Å². The Labute approximate surface area is 402 Å². The summed E-state index contributed by atoms with van der Waals surface area (Å²) in [6.45, 7) is 12.3. The summed E-state index contributed by atoms with van der Waals surface area (Å²) >= 11 is 0. The number of carboxylic acids is 1. The minimum absolute atomic E-state index is 0.0585. The van der Waals surface area contributed by atoms with Gasteiger partial charge in [0.05, 0.1) is 24.6 Å². The summed E-state index contributed by atoms with van der Waals surface area (Å²) in [7, 11) is 0. The van der Waals surface area contributed by atoms with Crippen LogP contribution >= 0.6 is 0 Å². The van der Waals surface area contributed by atoms with Gasteiger partial charge in [-0.3, -0.25) is 29.1 Å². The van der Waals surface area contributed by atoms with Crippen LogP contribution in [0, 0.1) is 69.8 Å². The molecule has 368 valence electrons. The molecule has 4 fully saturated rings. The Hall–Kier alpha value is -6.16. The summed E-state index contributed by atoms with van der Waals surface area (Å²) in [5, 5.41) is 29.6. The molecular weight excluding hydrogens is 887 g/mol. The summed E-state index contributed by atoms with van der Waals surface area (Å²) in [6, 6.07) is 20.2. The molecule has 69 heavy (non-hydrogen) atoms. The second kappa shape index (κ2) is 22.5. The van der Waals surface area contributed by atoms with E-state index in [1.165, 1.54) is 24.3 Å². The lowest BCUT2D eigenvalue weighted by Gasteiger charge is -2.46. The molecule has 2 aromatic carbocycles. The largest absolute Gasteiger partial charge is 0.480 e. The molecule has 0 unspecified atom stereocenters. The van der Waals surface area contributed by atoms with Gasteiger partial charge in [0.2, 0.25) is 5.91 Å². The highest BCUT2D eigenvalue weighted by Gasteiger charge is 2.67. The molecule has 4 aromatic rings. The lowest BCUT2D eigenvalue weighted by molar-refractivity contribution is -0.167. The molecule has 2 aromatic heterocycles. The van der Waals surface area contributed by atoms with Crippen molar-refractivity contribution in [3.05, 3.63) is 120 Å². The summed E-state index contributed by atoms with van der Waals surface area (Å²) < 4.78 is 38.1. The van der Waals surface area contributed by atoms with Crippen molar-refractivity contribution in [1.82, 2.24) is 15.3 Å². The van der Waals surface area contributed by atoms with Gasteiger partial charge in [0, 0.05) is 48.4 Å². The number of hydrogen-bond donors (Lipinski definition) is 5. The van der Waals surface area contributed by atoms with E-state index in [0.29, 0.717) is 25.1 Å². The number of amides is 1. The lowest BCUT2D eigenvalue weighted by atomic mass is 9.54. The zero-order chi connectivity index (χ0) is 50.2. The van der Waals surface area contributed by atoms with E-state index in [1.807, 2.05) is 74.5 Å². The summed E-state index contributed by atoms with van der Waals surface area (Å²) in [5.74, 6) is -3.50. The number of aromatic nitrogens is 2. The van der Waals surface area contributed by atoms with Crippen molar-refractivity contribution in [1.29, 1.82) is 0 Å². The van der Waals surface area contributed by atoms with E-state index in [0.717, 1.165) is 27.9 Å². The Kier molecular flexibility index (Phi) is 17.0. The number of hydrogen-bond acceptors (Lipinski definition) is 11. The van der Waals surface area contributed by atoms with Crippen LogP contribution in [0.1, 0.15) is 65.8 Å². The quantitative estimate of drug-likeness (QED) is 0.0727. The topological polar surface area (TPSA) is 211 Å². The van der Waals surface area contributed by atoms with Crippen molar-refractivity contribution >= 4 is 36.0 Å². The van der Waals surface area contributed by atoms with Gasteiger partial charge < -0.3 is 35.8 Å². The molecule has 0 bridgehead atoms. The first-order chi connectivity index (χ1) is 32.9. The van der Waals surface area contributed by atoms with Crippen molar-refractivity contribution in [2.24, 2.45) is 63.9 Å². The van der Waals surface area contributed by atoms with Crippen molar-refractivity contribution in [3.8, 4) is 22.3 Å². The SMILES string of the molecule is C[C@H]1[C@H](/C=C/c2ccc(-c3cccc(F)c3)cn2)[C@@H]2[C@@H](C)OC(=O)[C@]2(C(=O)NCCO)C[C@@H]1C.C[C@H]1[C@H](/C=C/c2ccc(-c3cccc(F)c3)cn2)[C@@H]2[C@@H](C)OC(=O)[C@]2(C(=O)O)C[C@@H]1C.NCCO. The standard InChI is InChI=1S/C27H31FN2O4.C25H26FNO4.C2H7NO/c1-16-14-27(25(32)29-11-12-31)24(18(3)34-26(27)33)23(17(16)2)10-9-22-8-7-20(15-30-22)19-5-4-6-21(28)13-19;1-14-12-25(23(28)29)22(16(3)31-24(25)30)21(15(14)2)10-9-20-8-7-18(13-27-20)17-5-4-6-19(26)11-17;3-1-2-4/h4-10,13,15-18,23-24,31H,11-12,14H2,1-3H3,(H,29,32);4-11,13-16,21-22H,12H2,1-3H3,(H,28,29);4H,1-3H2/b2*10-9+;/t16-,17+,18+,23-,24-,27+;14-,15+,16+,21-,22-,25+;/m00./s1. The van der Waals surface area contributed by atoms with Crippen LogP contribution < -0.4 is 11.1 Å². The lowest BCUT2D eigenvalue weighted by Crippen LogP contribution is -2.56. The monoisotopic (exact) mass is 950 g/mol. The van der Waals surface area contributed by atoms with E-state index in [-0.39, 0.29) is 78.7 Å². The first-order valence-electron chi connectivity index (χ1n) is 23.6. The fraction of sp³-hybridized carbons (Fsp3) is 0.444. The van der Waals surface area contributed by atoms with E-state index >= 15 is 0 Å². The number of benzene rings is 2. The van der Waals surface area contributed by atoms with E-state index in [4.69, 9.17) is 25.4 Å². The molecule has 4 aliphatic rings. The number of carboxylic acid groups (broad SMARTS) is 1. The zero-order valence-corrected chi connectivity index (χ0v) is 39.9. The molecule has 2 aliphatic heterocycles. The predicted octanol–water partition coefficient (Wildman–Crippen LogP) is 7.61. The number of esters is 2. The normalized spacial score (nSPS) is 30.2. The third-order valence-corrected chi connectivity index (χ3v) is 14.8. The fourth-order valence-electron chi connectivity index (χ4n) is 11.0. The number of halogens is 2. The van der Waals surface area contributed by atoms with E-state index < -0.39 is 46.9 Å². The van der Waals surface area contributed by atoms with Gasteiger partial charge in [-0.25, -0.2) is 8.78 Å². The number of nitrogens with one attached hydrogen (secondary N) is 1. The molecule has 12 atom stereocenters. The van der Waals surface area contributed by atoms with Crippen LogP contribution in [0.2, 0.25) is 0 Å². The Balaban J connectivity index is 0.000000211. The molecule has 0 radical (unpaired) electrons. The zero-order valence-electron chi connectivity index (χ0n) is 39.9. The molecular formula is C54H64F2N4O9. The number of nitrogens with zero attached hydrogens (tertiary/aromatic N) is 2. The van der Waals surface area contributed by atoms with Crippen molar-refractivity contribution in [2.75, 3.05) is 26.3 Å². The number of ether oxygens (including phenoxy) is 2. The van der Waals surface area contributed by atoms with Crippen LogP contribution in [0.15, 0.2) is 97.3 Å². The number of aliphatic hydroxyl groups excluding tert-OH is 2. The third-order valence-electron chi connectivity index (χ3n) is 14.8. The predicted molar refractivity (Wildman–Crippen MR) is 257 cm³/mol. The number of rotatable bonds is 11. The van der Waals surface area contributed by atoms with Gasteiger partial charge in [-0.2, -0.15) is 0 Å². The first kappa shape index (κ1) is 52.2. The second-order valence-corrected chi connectivity index (χ2v) is 18.9. The van der Waals surface area contributed by atoms with Gasteiger partial charge in [0.15, 0.2) is 10.8 Å². The summed E-state index contributed by atoms with van der Waals surface area (Å²) in [4.78, 5) is 60.0. The average molecular weight is 951 g/mol.